The monoisotopic (exact) mass is 241 g/mol. The number of nitrogens with one attached hydrogen (secondary N) is 1. The van der Waals surface area contributed by atoms with Gasteiger partial charge in [0.2, 0.25) is 5.95 Å². The molecule has 5 nitrogen and oxygen atoms in total. The van der Waals surface area contributed by atoms with Gasteiger partial charge < -0.3 is 15.3 Å². The Bertz CT molecular complexity index is 735. The number of nitrogen functional groups attached to an aromatic ring is 1. The van der Waals surface area contributed by atoms with Crippen LogP contribution in [0.5, 0.6) is 0 Å². The molecule has 0 amide bonds. The molecule has 5 heteroatoms. The molecule has 2 aromatic heterocycles. The van der Waals surface area contributed by atoms with Crippen molar-refractivity contribution in [2.24, 2.45) is 7.05 Å². The molecule has 0 unspecified atom stereocenters. The first-order valence-corrected chi connectivity index (χ1v) is 5.82. The Morgan fingerprint density at radius 2 is 2.00 bits per heavy atom. The van der Waals surface area contributed by atoms with Gasteiger partial charge in [-0.2, -0.15) is 0 Å². The predicted molar refractivity (Wildman–Crippen MR) is 72.2 cm³/mol. The van der Waals surface area contributed by atoms with E-state index in [0.29, 0.717) is 5.95 Å². The first kappa shape index (κ1) is 10.8. The highest BCUT2D eigenvalue weighted by molar-refractivity contribution is 5.82. The molecule has 3 rings (SSSR count). The van der Waals surface area contributed by atoms with Crippen molar-refractivity contribution >= 4 is 17.0 Å². The molecule has 2 heterocycles. The summed E-state index contributed by atoms with van der Waals surface area (Å²) in [4.78, 5) is 11.9. The molecule has 0 fully saturated rings. The van der Waals surface area contributed by atoms with Gasteiger partial charge in [-0.15, -0.1) is 0 Å². The van der Waals surface area contributed by atoms with Crippen LogP contribution in [0.3, 0.4) is 0 Å². The number of nitrogens with two attached hydrogens (primary N) is 1. The number of aromatic nitrogens is 4. The lowest BCUT2D eigenvalue weighted by atomic mass is 10.1. The van der Waals surface area contributed by atoms with Gasteiger partial charge in [0, 0.05) is 12.6 Å². The van der Waals surface area contributed by atoms with Gasteiger partial charge in [-0.1, -0.05) is 6.07 Å². The van der Waals surface area contributed by atoms with E-state index < -0.39 is 0 Å². The second-order valence-electron chi connectivity index (χ2n) is 4.52. The Kier molecular flexibility index (Phi) is 2.16. The number of anilines is 1. The van der Waals surface area contributed by atoms with Gasteiger partial charge in [0.05, 0.1) is 22.4 Å². The zero-order valence-electron chi connectivity index (χ0n) is 10.7. The number of benzene rings is 1. The molecule has 0 saturated carbocycles. The Morgan fingerprint density at radius 3 is 2.67 bits per heavy atom. The molecule has 18 heavy (non-hydrogen) atoms. The maximum Gasteiger partial charge on any atom is 0.200 e. The lowest BCUT2D eigenvalue weighted by Gasteiger charge is -2.04. The lowest BCUT2D eigenvalue weighted by Crippen LogP contribution is -1.98. The summed E-state index contributed by atoms with van der Waals surface area (Å²) < 4.78 is 1.90. The van der Waals surface area contributed by atoms with Gasteiger partial charge in [-0.05, 0) is 26.0 Å². The summed E-state index contributed by atoms with van der Waals surface area (Å²) in [7, 11) is 1.92. The van der Waals surface area contributed by atoms with Crippen LogP contribution in [0.1, 0.15) is 11.5 Å². The topological polar surface area (TPSA) is 72.5 Å². The van der Waals surface area contributed by atoms with Crippen molar-refractivity contribution in [3.8, 4) is 11.3 Å². The highest BCUT2D eigenvalue weighted by atomic mass is 15.1. The SMILES string of the molecule is Cc1nc2ccc(-c3c(C)nc(N)n3C)cc2[nH]1. The Balaban J connectivity index is 2.24. The minimum atomic E-state index is 0.531. The normalized spacial score (nSPS) is 11.3. The lowest BCUT2D eigenvalue weighted by molar-refractivity contribution is 0.938. The fourth-order valence-electron chi connectivity index (χ4n) is 2.34. The van der Waals surface area contributed by atoms with E-state index >= 15 is 0 Å². The van der Waals surface area contributed by atoms with Crippen LogP contribution in [0.4, 0.5) is 5.95 Å². The van der Waals surface area contributed by atoms with Crippen LogP contribution in [-0.2, 0) is 7.05 Å². The average molecular weight is 241 g/mol. The van der Waals surface area contributed by atoms with Crippen LogP contribution in [0.15, 0.2) is 18.2 Å². The van der Waals surface area contributed by atoms with Crippen molar-refractivity contribution in [1.82, 2.24) is 19.5 Å². The molecule has 3 N–H and O–H groups in total. The zero-order valence-corrected chi connectivity index (χ0v) is 10.7. The van der Waals surface area contributed by atoms with Gasteiger partial charge in [0.15, 0.2) is 0 Å². The number of aromatic amines is 1. The molecule has 0 radical (unpaired) electrons. The highest BCUT2D eigenvalue weighted by Gasteiger charge is 2.12. The zero-order chi connectivity index (χ0) is 12.9. The molecule has 0 bridgehead atoms. The summed E-state index contributed by atoms with van der Waals surface area (Å²) in [5.74, 6) is 1.45. The number of hydrogen-bond acceptors (Lipinski definition) is 3. The first-order valence-electron chi connectivity index (χ1n) is 5.82. The fraction of sp³-hybridized carbons (Fsp3) is 0.231. The van der Waals surface area contributed by atoms with Crippen LogP contribution in [0.25, 0.3) is 22.3 Å². The van der Waals surface area contributed by atoms with Crippen molar-refractivity contribution in [3.63, 3.8) is 0 Å². The highest BCUT2D eigenvalue weighted by Crippen LogP contribution is 2.27. The van der Waals surface area contributed by atoms with Crippen LogP contribution in [0, 0.1) is 13.8 Å². The number of H-pyrrole nitrogens is 1. The van der Waals surface area contributed by atoms with Crippen molar-refractivity contribution in [1.29, 1.82) is 0 Å². The first-order chi connectivity index (χ1) is 8.56. The van der Waals surface area contributed by atoms with Crippen molar-refractivity contribution < 1.29 is 0 Å². The minimum Gasteiger partial charge on any atom is -0.369 e. The van der Waals surface area contributed by atoms with E-state index in [0.717, 1.165) is 33.8 Å². The van der Waals surface area contributed by atoms with Gasteiger partial charge >= 0.3 is 0 Å². The van der Waals surface area contributed by atoms with E-state index in [4.69, 9.17) is 5.73 Å². The molecule has 0 aliphatic carbocycles. The van der Waals surface area contributed by atoms with Crippen molar-refractivity contribution in [3.05, 3.63) is 29.7 Å². The number of aryl methyl sites for hydroxylation is 2. The summed E-state index contributed by atoms with van der Waals surface area (Å²) in [6, 6.07) is 6.14. The van der Waals surface area contributed by atoms with E-state index in [1.165, 1.54) is 0 Å². The molecular formula is C13H15N5. The summed E-state index contributed by atoms with van der Waals surface area (Å²) in [5.41, 5.74) is 10.9. The fourth-order valence-corrected chi connectivity index (χ4v) is 2.34. The maximum atomic E-state index is 5.83. The third-order valence-corrected chi connectivity index (χ3v) is 3.18. The van der Waals surface area contributed by atoms with E-state index in [2.05, 4.69) is 21.0 Å². The predicted octanol–water partition coefficient (Wildman–Crippen LogP) is 2.16. The third kappa shape index (κ3) is 1.48. The molecule has 92 valence electrons. The largest absolute Gasteiger partial charge is 0.369 e. The third-order valence-electron chi connectivity index (χ3n) is 3.18. The van der Waals surface area contributed by atoms with Gasteiger partial charge in [-0.25, -0.2) is 9.97 Å². The standard InChI is InChI=1S/C13H15N5/c1-7-12(18(3)13(14)15-7)9-4-5-10-11(6-9)17-8(2)16-10/h4-6H,1-3H3,(H2,14,15)(H,16,17). The molecule has 0 atom stereocenters. The van der Waals surface area contributed by atoms with E-state index in [1.807, 2.05) is 37.6 Å². The van der Waals surface area contributed by atoms with Crippen LogP contribution >= 0.6 is 0 Å². The maximum absolute atomic E-state index is 5.83. The smallest absolute Gasteiger partial charge is 0.200 e. The number of hydrogen-bond donors (Lipinski definition) is 2. The van der Waals surface area contributed by atoms with Crippen LogP contribution in [0.2, 0.25) is 0 Å². The van der Waals surface area contributed by atoms with E-state index in [9.17, 15) is 0 Å². The van der Waals surface area contributed by atoms with Gasteiger partial charge in [-0.3, -0.25) is 0 Å². The Labute approximate surface area is 105 Å². The minimum absolute atomic E-state index is 0.531. The molecule has 0 aliphatic rings. The molecular weight excluding hydrogens is 226 g/mol. The summed E-state index contributed by atoms with van der Waals surface area (Å²) in [6.07, 6.45) is 0. The van der Waals surface area contributed by atoms with E-state index in [-0.39, 0.29) is 0 Å². The molecule has 3 aromatic rings. The van der Waals surface area contributed by atoms with Crippen LogP contribution in [-0.4, -0.2) is 19.5 Å². The van der Waals surface area contributed by atoms with Crippen molar-refractivity contribution in [2.75, 3.05) is 5.73 Å². The number of nitrogens with zero attached hydrogens (tertiary/aromatic N) is 3. The summed E-state index contributed by atoms with van der Waals surface area (Å²) >= 11 is 0. The van der Waals surface area contributed by atoms with Crippen molar-refractivity contribution in [2.45, 2.75) is 13.8 Å². The molecule has 0 spiro atoms. The summed E-state index contributed by atoms with van der Waals surface area (Å²) in [6.45, 7) is 3.92. The number of imidazole rings is 2. The quantitative estimate of drug-likeness (QED) is 0.685. The summed E-state index contributed by atoms with van der Waals surface area (Å²) in [5, 5.41) is 0. The molecule has 0 saturated heterocycles. The van der Waals surface area contributed by atoms with Gasteiger partial charge in [0.1, 0.15) is 5.82 Å². The average Bonchev–Trinajstić information content (AvgIpc) is 2.78. The Morgan fingerprint density at radius 1 is 1.22 bits per heavy atom. The second-order valence-corrected chi connectivity index (χ2v) is 4.52. The van der Waals surface area contributed by atoms with Crippen LogP contribution < -0.4 is 5.73 Å². The van der Waals surface area contributed by atoms with E-state index in [1.54, 1.807) is 0 Å². The Hall–Kier alpha value is -2.30. The molecule has 0 aliphatic heterocycles. The van der Waals surface area contributed by atoms with Gasteiger partial charge in [0.25, 0.3) is 0 Å². The number of rotatable bonds is 1. The number of fused-ring (bicyclic) bond motifs is 1. The second kappa shape index (κ2) is 3.60. The molecule has 1 aromatic carbocycles.